The number of nitrogens with one attached hydrogen (secondary N) is 1. The maximum atomic E-state index is 12.6. The Morgan fingerprint density at radius 3 is 2.81 bits per heavy atom. The Bertz CT molecular complexity index is 539. The molecule has 0 saturated carbocycles. The fraction of sp³-hybridized carbons (Fsp3) is 0.529. The van der Waals surface area contributed by atoms with Crippen LogP contribution in [0.1, 0.15) is 56.8 Å². The lowest BCUT2D eigenvalue weighted by Crippen LogP contribution is -2.34. The minimum Gasteiger partial charge on any atom is -0.479 e. The number of benzene rings is 1. The van der Waals surface area contributed by atoms with Gasteiger partial charge in [0.1, 0.15) is 5.75 Å². The molecule has 1 aromatic carbocycles. The molecule has 1 aliphatic heterocycles. The lowest BCUT2D eigenvalue weighted by Gasteiger charge is -2.24. The van der Waals surface area contributed by atoms with E-state index in [1.54, 1.807) is 25.1 Å². The highest BCUT2D eigenvalue weighted by Gasteiger charge is 2.25. The van der Waals surface area contributed by atoms with E-state index in [-0.39, 0.29) is 17.6 Å². The van der Waals surface area contributed by atoms with Crippen molar-refractivity contribution in [3.05, 3.63) is 23.8 Å². The van der Waals surface area contributed by atoms with E-state index < -0.39 is 6.10 Å². The molecule has 0 saturated heterocycles. The number of rotatable bonds is 6. The van der Waals surface area contributed by atoms with Gasteiger partial charge in [0.15, 0.2) is 11.9 Å². The third-order valence-corrected chi connectivity index (χ3v) is 3.96. The van der Waals surface area contributed by atoms with Crippen LogP contribution < -0.4 is 10.1 Å². The molecule has 0 fully saturated rings. The molecule has 1 N–H and O–H groups in total. The van der Waals surface area contributed by atoms with Gasteiger partial charge in [-0.25, -0.2) is 0 Å². The van der Waals surface area contributed by atoms with Crippen molar-refractivity contribution in [2.24, 2.45) is 5.92 Å². The number of carbonyl (C=O) groups is 2. The molecule has 4 nitrogen and oxygen atoms in total. The van der Waals surface area contributed by atoms with E-state index in [0.717, 1.165) is 25.7 Å². The second kappa shape index (κ2) is 6.74. The summed E-state index contributed by atoms with van der Waals surface area (Å²) >= 11 is 0. The Hall–Kier alpha value is -1.84. The third kappa shape index (κ3) is 3.43. The summed E-state index contributed by atoms with van der Waals surface area (Å²) in [6.07, 6.45) is 3.42. The number of amides is 1. The summed E-state index contributed by atoms with van der Waals surface area (Å²) < 4.78 is 5.51. The molecular weight excluding hydrogens is 266 g/mol. The highest BCUT2D eigenvalue weighted by molar-refractivity contribution is 6.02. The number of Topliss-reactive ketones (excluding diaryl/α,β-unsaturated/α-hetero) is 1. The zero-order chi connectivity index (χ0) is 15.4. The van der Waals surface area contributed by atoms with Crippen molar-refractivity contribution >= 4 is 17.4 Å². The van der Waals surface area contributed by atoms with Crippen LogP contribution in [-0.4, -0.2) is 17.8 Å². The second-order valence-electron chi connectivity index (χ2n) is 5.57. The average Bonchev–Trinajstić information content (AvgIpc) is 2.48. The fourth-order valence-electron chi connectivity index (χ4n) is 2.57. The monoisotopic (exact) mass is 289 g/mol. The Morgan fingerprint density at radius 2 is 2.14 bits per heavy atom. The molecule has 4 heteroatoms. The molecular formula is C17H23NO3. The normalized spacial score (nSPS) is 18.4. The molecule has 114 valence electrons. The third-order valence-electron chi connectivity index (χ3n) is 3.96. The van der Waals surface area contributed by atoms with E-state index in [4.69, 9.17) is 4.74 Å². The summed E-state index contributed by atoms with van der Waals surface area (Å²) in [6, 6.07) is 5.29. The van der Waals surface area contributed by atoms with E-state index in [1.807, 2.05) is 6.92 Å². The van der Waals surface area contributed by atoms with E-state index in [1.165, 1.54) is 0 Å². The number of hydrogen-bond acceptors (Lipinski definition) is 3. The maximum absolute atomic E-state index is 12.6. The second-order valence-corrected chi connectivity index (χ2v) is 5.57. The lowest BCUT2D eigenvalue weighted by molar-refractivity contribution is -0.122. The molecule has 21 heavy (non-hydrogen) atoms. The van der Waals surface area contributed by atoms with Gasteiger partial charge in [-0.1, -0.05) is 26.7 Å². The van der Waals surface area contributed by atoms with Crippen molar-refractivity contribution < 1.29 is 14.3 Å². The van der Waals surface area contributed by atoms with Gasteiger partial charge in [-0.05, 0) is 38.0 Å². The highest BCUT2D eigenvalue weighted by Crippen LogP contribution is 2.31. The van der Waals surface area contributed by atoms with Crippen LogP contribution in [0.15, 0.2) is 18.2 Å². The Morgan fingerprint density at radius 1 is 1.38 bits per heavy atom. The molecule has 0 aliphatic carbocycles. The molecule has 0 aromatic heterocycles. The summed E-state index contributed by atoms with van der Waals surface area (Å²) in [4.78, 5) is 24.2. The van der Waals surface area contributed by atoms with Gasteiger partial charge in [0.2, 0.25) is 0 Å². The van der Waals surface area contributed by atoms with Crippen LogP contribution in [0, 0.1) is 5.92 Å². The quantitative estimate of drug-likeness (QED) is 0.810. The Labute approximate surface area is 125 Å². The lowest BCUT2D eigenvalue weighted by atomic mass is 9.90. The Kier molecular flexibility index (Phi) is 4.99. The van der Waals surface area contributed by atoms with Crippen LogP contribution in [0.3, 0.4) is 0 Å². The molecule has 2 rings (SSSR count). The molecule has 0 radical (unpaired) electrons. The van der Waals surface area contributed by atoms with Crippen molar-refractivity contribution in [2.45, 2.75) is 52.6 Å². The molecule has 0 spiro atoms. The first-order chi connectivity index (χ1) is 10.1. The Balaban J connectivity index is 2.19. The summed E-state index contributed by atoms with van der Waals surface area (Å²) in [5.41, 5.74) is 1.24. The van der Waals surface area contributed by atoms with Gasteiger partial charge in [0, 0.05) is 11.5 Å². The maximum Gasteiger partial charge on any atom is 0.265 e. The highest BCUT2D eigenvalue weighted by atomic mass is 16.5. The molecule has 1 aromatic rings. The summed E-state index contributed by atoms with van der Waals surface area (Å²) in [5.74, 6) is 0.661. The first kappa shape index (κ1) is 15.5. The van der Waals surface area contributed by atoms with E-state index >= 15 is 0 Å². The summed E-state index contributed by atoms with van der Waals surface area (Å²) in [7, 11) is 0. The van der Waals surface area contributed by atoms with Crippen LogP contribution >= 0.6 is 0 Å². The number of hydrogen-bond donors (Lipinski definition) is 1. The molecule has 1 amide bonds. The molecule has 1 aliphatic rings. The van der Waals surface area contributed by atoms with Gasteiger partial charge >= 0.3 is 0 Å². The summed E-state index contributed by atoms with van der Waals surface area (Å²) in [6.45, 7) is 5.88. The van der Waals surface area contributed by atoms with Crippen molar-refractivity contribution in [1.29, 1.82) is 0 Å². The van der Waals surface area contributed by atoms with Crippen LogP contribution in [0.2, 0.25) is 0 Å². The van der Waals surface area contributed by atoms with E-state index in [0.29, 0.717) is 17.0 Å². The SMILES string of the molecule is CCCCC(CC)C(=O)c1ccc2c(c1)NC(=O)C(C)O2. The number of unbranched alkanes of at least 4 members (excludes halogenated alkanes) is 1. The predicted octanol–water partition coefficient (Wildman–Crippen LogP) is 3.81. The fourth-order valence-corrected chi connectivity index (χ4v) is 2.57. The van der Waals surface area contributed by atoms with Crippen molar-refractivity contribution in [2.75, 3.05) is 5.32 Å². The van der Waals surface area contributed by atoms with Gasteiger partial charge in [-0.3, -0.25) is 9.59 Å². The average molecular weight is 289 g/mol. The number of carbonyl (C=O) groups excluding carboxylic acids is 2. The number of ether oxygens (including phenoxy) is 1. The molecule has 0 bridgehead atoms. The van der Waals surface area contributed by atoms with Gasteiger partial charge in [-0.15, -0.1) is 0 Å². The summed E-state index contributed by atoms with van der Waals surface area (Å²) in [5, 5.41) is 2.79. The zero-order valence-electron chi connectivity index (χ0n) is 12.9. The number of anilines is 1. The van der Waals surface area contributed by atoms with Gasteiger partial charge in [0.05, 0.1) is 5.69 Å². The van der Waals surface area contributed by atoms with Gasteiger partial charge in [-0.2, -0.15) is 0 Å². The topological polar surface area (TPSA) is 55.4 Å². The number of ketones is 1. The molecule has 1 heterocycles. The van der Waals surface area contributed by atoms with Crippen LogP contribution in [0.4, 0.5) is 5.69 Å². The molecule has 2 unspecified atom stereocenters. The first-order valence-corrected chi connectivity index (χ1v) is 7.72. The van der Waals surface area contributed by atoms with Gasteiger partial charge < -0.3 is 10.1 Å². The largest absolute Gasteiger partial charge is 0.479 e. The number of fused-ring (bicyclic) bond motifs is 1. The van der Waals surface area contributed by atoms with Gasteiger partial charge in [0.25, 0.3) is 5.91 Å². The van der Waals surface area contributed by atoms with Crippen LogP contribution in [-0.2, 0) is 4.79 Å². The van der Waals surface area contributed by atoms with Crippen LogP contribution in [0.5, 0.6) is 5.75 Å². The van der Waals surface area contributed by atoms with Crippen molar-refractivity contribution in [3.8, 4) is 5.75 Å². The van der Waals surface area contributed by atoms with Crippen LogP contribution in [0.25, 0.3) is 0 Å². The van der Waals surface area contributed by atoms with Crippen molar-refractivity contribution in [1.82, 2.24) is 0 Å². The smallest absolute Gasteiger partial charge is 0.265 e. The minimum atomic E-state index is -0.494. The first-order valence-electron chi connectivity index (χ1n) is 7.72. The standard InChI is InChI=1S/C17H23NO3/c1-4-6-7-12(5-2)16(19)13-8-9-15-14(10-13)18-17(20)11(3)21-15/h8-12H,4-7H2,1-3H3,(H,18,20). The minimum absolute atomic E-state index is 0.0575. The van der Waals surface area contributed by atoms with E-state index in [9.17, 15) is 9.59 Å². The van der Waals surface area contributed by atoms with Crippen molar-refractivity contribution in [3.63, 3.8) is 0 Å². The van der Waals surface area contributed by atoms with E-state index in [2.05, 4.69) is 12.2 Å². The predicted molar refractivity (Wildman–Crippen MR) is 82.8 cm³/mol. The zero-order valence-corrected chi connectivity index (χ0v) is 12.9. The molecule has 2 atom stereocenters.